The summed E-state index contributed by atoms with van der Waals surface area (Å²) in [5, 5.41) is 23.4. The van der Waals surface area contributed by atoms with Crippen LogP contribution in [0.4, 0.5) is 0 Å². The van der Waals surface area contributed by atoms with Gasteiger partial charge in [0.05, 0.1) is 25.4 Å². The molecule has 0 fully saturated rings. The molecule has 0 saturated carbocycles. The predicted octanol–water partition coefficient (Wildman–Crippen LogP) is 20.8. The van der Waals surface area contributed by atoms with Crippen molar-refractivity contribution in [3.8, 4) is 0 Å². The highest BCUT2D eigenvalue weighted by atomic mass is 16.5. The average Bonchev–Trinajstić information content (AvgIpc) is 3.38. The number of hydrogen-bond acceptors (Lipinski definition) is 5. The maximum atomic E-state index is 12.5. The fraction of sp³-hybridized carbons (Fsp3) is 0.939. The SMILES string of the molecule is CCCCCCCC/C=C\CCCCCCCCCC(=O)OCCCCCCCCCCCCCCCCCCCCC(=O)NC(CO)C(O)CCCCCCCCCCCCCCCCCCCCCC. The number of amides is 1. The van der Waals surface area contributed by atoms with Gasteiger partial charge >= 0.3 is 5.97 Å². The van der Waals surface area contributed by atoms with Crippen molar-refractivity contribution in [1.29, 1.82) is 0 Å². The van der Waals surface area contributed by atoms with E-state index in [1.807, 2.05) is 0 Å². The summed E-state index contributed by atoms with van der Waals surface area (Å²) < 4.78 is 5.49. The second-order valence-corrected chi connectivity index (χ2v) is 22.8. The highest BCUT2D eigenvalue weighted by Gasteiger charge is 2.20. The summed E-state index contributed by atoms with van der Waals surface area (Å²) in [5.74, 6) is -0.0296. The number of ether oxygens (including phenoxy) is 1. The Hall–Kier alpha value is -1.40. The second kappa shape index (κ2) is 62.1. The van der Waals surface area contributed by atoms with E-state index < -0.39 is 12.1 Å². The Balaban J connectivity index is 3.39. The Bertz CT molecular complexity index is 1080. The van der Waals surface area contributed by atoms with Crippen LogP contribution in [0.2, 0.25) is 0 Å². The van der Waals surface area contributed by atoms with Crippen LogP contribution in [-0.2, 0) is 14.3 Å². The van der Waals surface area contributed by atoms with Gasteiger partial charge in [0.1, 0.15) is 0 Å². The van der Waals surface area contributed by atoms with Gasteiger partial charge in [-0.25, -0.2) is 0 Å². The molecule has 0 saturated heterocycles. The molecule has 0 aromatic rings. The lowest BCUT2D eigenvalue weighted by Gasteiger charge is -2.22. The molecule has 0 radical (unpaired) electrons. The number of hydrogen-bond donors (Lipinski definition) is 3. The van der Waals surface area contributed by atoms with Gasteiger partial charge in [0.15, 0.2) is 0 Å². The lowest BCUT2D eigenvalue weighted by molar-refractivity contribution is -0.143. The van der Waals surface area contributed by atoms with E-state index in [2.05, 4.69) is 31.3 Å². The van der Waals surface area contributed by atoms with E-state index in [1.165, 1.54) is 295 Å². The van der Waals surface area contributed by atoms with E-state index in [1.54, 1.807) is 0 Å². The van der Waals surface area contributed by atoms with Crippen LogP contribution >= 0.6 is 0 Å². The van der Waals surface area contributed by atoms with Crippen LogP contribution in [0.1, 0.15) is 373 Å². The van der Waals surface area contributed by atoms with Crippen molar-refractivity contribution in [2.24, 2.45) is 0 Å². The minimum Gasteiger partial charge on any atom is -0.466 e. The van der Waals surface area contributed by atoms with Crippen molar-refractivity contribution in [2.75, 3.05) is 13.2 Å². The van der Waals surface area contributed by atoms with Gasteiger partial charge in [0, 0.05) is 12.8 Å². The van der Waals surface area contributed by atoms with Gasteiger partial charge in [-0.2, -0.15) is 0 Å². The third-order valence-electron chi connectivity index (χ3n) is 15.6. The van der Waals surface area contributed by atoms with E-state index in [4.69, 9.17) is 4.74 Å². The number of rotatable bonds is 62. The maximum absolute atomic E-state index is 12.5. The van der Waals surface area contributed by atoms with E-state index >= 15 is 0 Å². The van der Waals surface area contributed by atoms with Gasteiger partial charge in [-0.3, -0.25) is 9.59 Å². The molecule has 3 N–H and O–H groups in total. The van der Waals surface area contributed by atoms with Crippen LogP contribution in [0.5, 0.6) is 0 Å². The van der Waals surface area contributed by atoms with E-state index in [-0.39, 0.29) is 18.5 Å². The fourth-order valence-electron chi connectivity index (χ4n) is 10.5. The summed E-state index contributed by atoms with van der Waals surface area (Å²) in [4.78, 5) is 24.6. The maximum Gasteiger partial charge on any atom is 0.305 e. The summed E-state index contributed by atoms with van der Waals surface area (Å²) in [6, 6.07) is -0.545. The molecular weight excluding hydrogens is 887 g/mol. The number of aliphatic hydroxyl groups excluding tert-OH is 2. The fourth-order valence-corrected chi connectivity index (χ4v) is 10.5. The van der Waals surface area contributed by atoms with Crippen molar-refractivity contribution in [1.82, 2.24) is 5.32 Å². The van der Waals surface area contributed by atoms with Gasteiger partial charge in [-0.05, 0) is 51.4 Å². The molecule has 0 rings (SSSR count). The lowest BCUT2D eigenvalue weighted by atomic mass is 10.0. The molecule has 0 aliphatic rings. The Morgan fingerprint density at radius 1 is 0.375 bits per heavy atom. The molecule has 6 heteroatoms. The molecule has 0 heterocycles. The average molecular weight is 1020 g/mol. The molecule has 0 spiro atoms. The van der Waals surface area contributed by atoms with Crippen LogP contribution < -0.4 is 5.32 Å². The zero-order valence-electron chi connectivity index (χ0n) is 48.9. The van der Waals surface area contributed by atoms with Crippen LogP contribution in [0, 0.1) is 0 Å². The number of carbonyl (C=O) groups excluding carboxylic acids is 2. The first-order chi connectivity index (χ1) is 35.5. The van der Waals surface area contributed by atoms with Gasteiger partial charge in [0.25, 0.3) is 0 Å². The number of allylic oxidation sites excluding steroid dienone is 2. The molecule has 6 nitrogen and oxygen atoms in total. The molecule has 0 aliphatic carbocycles. The van der Waals surface area contributed by atoms with Crippen molar-refractivity contribution >= 4 is 11.9 Å². The molecule has 2 unspecified atom stereocenters. The number of aliphatic hydroxyl groups is 2. The molecular formula is C66H129NO5. The second-order valence-electron chi connectivity index (χ2n) is 22.8. The number of esters is 1. The van der Waals surface area contributed by atoms with Crippen LogP contribution in [0.15, 0.2) is 12.2 Å². The number of unbranched alkanes of at least 4 members (excludes halogenated alkanes) is 49. The van der Waals surface area contributed by atoms with Crippen molar-refractivity contribution < 1.29 is 24.5 Å². The van der Waals surface area contributed by atoms with Crippen molar-refractivity contribution in [3.63, 3.8) is 0 Å². The Kier molecular flexibility index (Phi) is 60.9. The third kappa shape index (κ3) is 57.9. The topological polar surface area (TPSA) is 95.9 Å². The van der Waals surface area contributed by atoms with Gasteiger partial charge in [-0.15, -0.1) is 0 Å². The first-order valence-corrected chi connectivity index (χ1v) is 32.9. The smallest absolute Gasteiger partial charge is 0.305 e. The quantitative estimate of drug-likeness (QED) is 0.0320. The normalized spacial score (nSPS) is 12.6. The molecule has 0 aromatic carbocycles. The zero-order valence-corrected chi connectivity index (χ0v) is 48.9. The standard InChI is InChI=1S/C66H129NO5/c1-3-5-7-9-11-13-15-17-19-21-22-23-27-30-34-38-42-46-50-54-58-64(69)63(62-68)67-65(70)59-55-51-47-43-39-35-31-28-24-25-29-33-37-41-45-49-53-57-61-72-66(71)60-56-52-48-44-40-36-32-26-20-18-16-14-12-10-8-6-4-2/h18,20,63-64,68-69H,3-17,19,21-62H2,1-2H3,(H,67,70)/b20-18-. The lowest BCUT2D eigenvalue weighted by Crippen LogP contribution is -2.45. The van der Waals surface area contributed by atoms with Crippen LogP contribution in [0.25, 0.3) is 0 Å². The molecule has 1 amide bonds. The van der Waals surface area contributed by atoms with E-state index in [0.29, 0.717) is 25.9 Å². The minimum atomic E-state index is -0.667. The summed E-state index contributed by atoms with van der Waals surface area (Å²) in [6.07, 6.45) is 75.1. The molecule has 0 bridgehead atoms. The van der Waals surface area contributed by atoms with Gasteiger partial charge in [0.2, 0.25) is 5.91 Å². The predicted molar refractivity (Wildman–Crippen MR) is 315 cm³/mol. The Morgan fingerprint density at radius 2 is 0.653 bits per heavy atom. The molecule has 2 atom stereocenters. The van der Waals surface area contributed by atoms with E-state index in [9.17, 15) is 19.8 Å². The molecule has 428 valence electrons. The highest BCUT2D eigenvalue weighted by Crippen LogP contribution is 2.19. The summed E-state index contributed by atoms with van der Waals surface area (Å²) >= 11 is 0. The van der Waals surface area contributed by atoms with Crippen molar-refractivity contribution in [2.45, 2.75) is 386 Å². The summed E-state index contributed by atoms with van der Waals surface area (Å²) in [6.45, 7) is 4.98. The largest absolute Gasteiger partial charge is 0.466 e. The van der Waals surface area contributed by atoms with Gasteiger partial charge < -0.3 is 20.3 Å². The zero-order chi connectivity index (χ0) is 52.2. The Labute approximate surface area is 450 Å². The van der Waals surface area contributed by atoms with Crippen LogP contribution in [0.3, 0.4) is 0 Å². The highest BCUT2D eigenvalue weighted by molar-refractivity contribution is 5.76. The van der Waals surface area contributed by atoms with Gasteiger partial charge in [-0.1, -0.05) is 321 Å². The monoisotopic (exact) mass is 1020 g/mol. The minimum absolute atomic E-state index is 0.00524. The Morgan fingerprint density at radius 3 is 0.986 bits per heavy atom. The number of carbonyl (C=O) groups is 2. The first-order valence-electron chi connectivity index (χ1n) is 32.9. The number of nitrogens with one attached hydrogen (secondary N) is 1. The van der Waals surface area contributed by atoms with Crippen molar-refractivity contribution in [3.05, 3.63) is 12.2 Å². The first kappa shape index (κ1) is 70.6. The molecule has 0 aliphatic heterocycles. The third-order valence-corrected chi connectivity index (χ3v) is 15.6. The van der Waals surface area contributed by atoms with Crippen LogP contribution in [-0.4, -0.2) is 47.4 Å². The molecule has 0 aromatic heterocycles. The summed E-state index contributed by atoms with van der Waals surface area (Å²) in [7, 11) is 0. The van der Waals surface area contributed by atoms with E-state index in [0.717, 1.165) is 44.9 Å². The summed E-state index contributed by atoms with van der Waals surface area (Å²) in [5.41, 5.74) is 0. The molecule has 72 heavy (non-hydrogen) atoms.